The maximum Gasteiger partial charge on any atom is 0.330 e. The van der Waals surface area contributed by atoms with Gasteiger partial charge in [-0.2, -0.15) is 5.26 Å². The molecule has 33 heavy (non-hydrogen) atoms. The van der Waals surface area contributed by atoms with Crippen LogP contribution in [0.2, 0.25) is 0 Å². The van der Waals surface area contributed by atoms with E-state index in [1.54, 1.807) is 31.3 Å². The Balaban J connectivity index is 1.95. The zero-order chi connectivity index (χ0) is 24.1. The molecule has 0 aliphatic carbocycles. The molecular formula is C24H30N6O3. The highest BCUT2D eigenvalue weighted by molar-refractivity contribution is 5.93. The highest BCUT2D eigenvalue weighted by Crippen LogP contribution is 2.19. The maximum absolute atomic E-state index is 12.9. The summed E-state index contributed by atoms with van der Waals surface area (Å²) in [5.74, 6) is 0.710. The van der Waals surface area contributed by atoms with E-state index in [9.17, 15) is 14.4 Å². The smallest absolute Gasteiger partial charge is 0.322 e. The van der Waals surface area contributed by atoms with Crippen LogP contribution in [-0.4, -0.2) is 32.1 Å². The number of benzene rings is 1. The molecule has 0 saturated heterocycles. The molecule has 2 heterocycles. The molecule has 0 radical (unpaired) electrons. The first-order valence-corrected chi connectivity index (χ1v) is 11.3. The fourth-order valence-corrected chi connectivity index (χ4v) is 3.81. The van der Waals surface area contributed by atoms with Crippen molar-refractivity contribution >= 4 is 22.8 Å². The molecule has 0 saturated carbocycles. The second-order valence-corrected chi connectivity index (χ2v) is 8.58. The number of H-pyrrole nitrogens is 1. The van der Waals surface area contributed by atoms with Gasteiger partial charge in [0.2, 0.25) is 5.91 Å². The predicted molar refractivity (Wildman–Crippen MR) is 127 cm³/mol. The van der Waals surface area contributed by atoms with E-state index in [-0.39, 0.29) is 18.2 Å². The van der Waals surface area contributed by atoms with Gasteiger partial charge in [0.05, 0.1) is 11.6 Å². The Bertz CT molecular complexity index is 1310. The summed E-state index contributed by atoms with van der Waals surface area (Å²) < 4.78 is 3.35. The fraction of sp³-hybridized carbons (Fsp3) is 0.458. The minimum absolute atomic E-state index is 0.134. The van der Waals surface area contributed by atoms with E-state index in [1.807, 2.05) is 25.3 Å². The van der Waals surface area contributed by atoms with Crippen molar-refractivity contribution in [2.75, 3.05) is 11.9 Å². The lowest BCUT2D eigenvalue weighted by atomic mass is 10.2. The van der Waals surface area contributed by atoms with Crippen LogP contribution in [0.15, 0.2) is 33.9 Å². The van der Waals surface area contributed by atoms with E-state index in [1.165, 1.54) is 9.47 Å². The molecule has 9 nitrogen and oxygen atoms in total. The third kappa shape index (κ3) is 5.22. The second kappa shape index (κ2) is 10.3. The minimum atomic E-state index is -0.463. The Morgan fingerprint density at radius 2 is 2.03 bits per heavy atom. The van der Waals surface area contributed by atoms with E-state index >= 15 is 0 Å². The lowest BCUT2D eigenvalue weighted by Crippen LogP contribution is -2.31. The molecule has 0 atom stereocenters. The average Bonchev–Trinajstić information content (AvgIpc) is 3.14. The third-order valence-corrected chi connectivity index (χ3v) is 5.55. The molecule has 3 rings (SSSR count). The number of carbonyl (C=O) groups is 1. The van der Waals surface area contributed by atoms with E-state index in [0.29, 0.717) is 47.7 Å². The van der Waals surface area contributed by atoms with Gasteiger partial charge in [-0.05, 0) is 30.5 Å². The van der Waals surface area contributed by atoms with Crippen molar-refractivity contribution in [1.29, 1.82) is 5.26 Å². The van der Waals surface area contributed by atoms with Crippen molar-refractivity contribution in [3.63, 3.8) is 0 Å². The van der Waals surface area contributed by atoms with Crippen LogP contribution in [0.25, 0.3) is 11.2 Å². The minimum Gasteiger partial charge on any atom is -0.322 e. The molecule has 0 aliphatic heterocycles. The quantitative estimate of drug-likeness (QED) is 0.538. The molecule has 1 N–H and O–H groups in total. The first kappa shape index (κ1) is 24.0. The second-order valence-electron chi connectivity index (χ2n) is 8.58. The van der Waals surface area contributed by atoms with Crippen LogP contribution in [0.5, 0.6) is 0 Å². The van der Waals surface area contributed by atoms with E-state index < -0.39 is 11.2 Å². The van der Waals surface area contributed by atoms with Crippen LogP contribution in [0.1, 0.15) is 51.4 Å². The number of aromatic amines is 1. The number of rotatable bonds is 9. The molecular weight excluding hydrogens is 420 g/mol. The van der Waals surface area contributed by atoms with Gasteiger partial charge in [-0.15, -0.1) is 0 Å². The van der Waals surface area contributed by atoms with Gasteiger partial charge in [0, 0.05) is 38.7 Å². The van der Waals surface area contributed by atoms with Crippen molar-refractivity contribution in [3.8, 4) is 6.07 Å². The number of hydrogen-bond acceptors (Lipinski definition) is 5. The first-order chi connectivity index (χ1) is 15.8. The summed E-state index contributed by atoms with van der Waals surface area (Å²) in [4.78, 5) is 46.6. The number of amides is 1. The number of nitrogens with one attached hydrogen (secondary N) is 1. The van der Waals surface area contributed by atoms with Crippen molar-refractivity contribution in [1.82, 2.24) is 19.1 Å². The first-order valence-electron chi connectivity index (χ1n) is 11.3. The summed E-state index contributed by atoms with van der Waals surface area (Å²) in [5.41, 5.74) is 0.941. The fourth-order valence-electron chi connectivity index (χ4n) is 3.81. The zero-order valence-electron chi connectivity index (χ0n) is 19.6. The molecule has 1 aromatic carbocycles. The molecule has 174 valence electrons. The zero-order valence-corrected chi connectivity index (χ0v) is 19.6. The molecule has 0 unspecified atom stereocenters. The van der Waals surface area contributed by atoms with Gasteiger partial charge in [0.15, 0.2) is 11.2 Å². The normalized spacial score (nSPS) is 11.2. The van der Waals surface area contributed by atoms with Crippen LogP contribution < -0.4 is 16.1 Å². The Morgan fingerprint density at radius 3 is 2.70 bits per heavy atom. The van der Waals surface area contributed by atoms with E-state index in [4.69, 9.17) is 5.26 Å². The summed E-state index contributed by atoms with van der Waals surface area (Å²) in [6, 6.07) is 8.94. The molecule has 9 heteroatoms. The number of hydrogen-bond donors (Lipinski definition) is 1. The van der Waals surface area contributed by atoms with Crippen LogP contribution in [-0.2, 0) is 24.3 Å². The van der Waals surface area contributed by atoms with Crippen molar-refractivity contribution in [2.24, 2.45) is 5.92 Å². The largest absolute Gasteiger partial charge is 0.330 e. The molecule has 0 spiro atoms. The number of aromatic nitrogens is 4. The number of carbonyl (C=O) groups excluding carboxylic acids is 1. The van der Waals surface area contributed by atoms with Gasteiger partial charge < -0.3 is 9.47 Å². The van der Waals surface area contributed by atoms with Crippen molar-refractivity contribution < 1.29 is 4.79 Å². The van der Waals surface area contributed by atoms with Gasteiger partial charge in [0.25, 0.3) is 5.56 Å². The van der Waals surface area contributed by atoms with Crippen LogP contribution in [0, 0.1) is 17.2 Å². The van der Waals surface area contributed by atoms with Crippen LogP contribution in [0.4, 0.5) is 5.69 Å². The van der Waals surface area contributed by atoms with E-state index in [0.717, 1.165) is 12.8 Å². The van der Waals surface area contributed by atoms with E-state index in [2.05, 4.69) is 16.0 Å². The Hall–Kier alpha value is -3.67. The highest BCUT2D eigenvalue weighted by atomic mass is 16.2. The summed E-state index contributed by atoms with van der Waals surface area (Å²) in [6.45, 7) is 7.13. The van der Waals surface area contributed by atoms with Gasteiger partial charge in [-0.3, -0.25) is 19.1 Å². The lowest BCUT2D eigenvalue weighted by molar-refractivity contribution is -0.118. The number of anilines is 1. The molecule has 1 amide bonds. The SMILES string of the molecule is CCCCn1c(=O)[nH]c(=O)c2c1nc(CCC(=O)N(C)c1cccc(C#N)c1)n2CC(C)C. The molecule has 0 fully saturated rings. The van der Waals surface area contributed by atoms with Gasteiger partial charge in [-0.25, -0.2) is 9.78 Å². The lowest BCUT2D eigenvalue weighted by Gasteiger charge is -2.18. The van der Waals surface area contributed by atoms with Gasteiger partial charge >= 0.3 is 5.69 Å². The number of imidazole rings is 1. The van der Waals surface area contributed by atoms with Crippen LogP contribution in [0.3, 0.4) is 0 Å². The summed E-state index contributed by atoms with van der Waals surface area (Å²) in [6.07, 6.45) is 2.19. The summed E-state index contributed by atoms with van der Waals surface area (Å²) in [7, 11) is 1.67. The molecule has 2 aromatic heterocycles. The van der Waals surface area contributed by atoms with Crippen molar-refractivity contribution in [3.05, 3.63) is 56.5 Å². The number of unbranched alkanes of at least 4 members (excludes halogenated alkanes) is 1. The number of aryl methyl sites for hydroxylation is 2. The molecule has 0 aliphatic rings. The Morgan fingerprint density at radius 1 is 1.27 bits per heavy atom. The van der Waals surface area contributed by atoms with Crippen molar-refractivity contribution in [2.45, 2.75) is 59.5 Å². The number of nitriles is 1. The Labute approximate surface area is 192 Å². The topological polar surface area (TPSA) is 117 Å². The standard InChI is InChI=1S/C24H30N6O3/c1-5-6-12-29-22-21(23(32)27-24(29)33)30(15-16(2)3)19(26-22)10-11-20(31)28(4)18-9-7-8-17(13-18)14-25/h7-9,13,16H,5-6,10-12,15H2,1-4H3,(H,27,32,33). The molecule has 0 bridgehead atoms. The summed E-state index contributed by atoms with van der Waals surface area (Å²) >= 11 is 0. The average molecular weight is 451 g/mol. The molecule has 3 aromatic rings. The maximum atomic E-state index is 12.9. The highest BCUT2D eigenvalue weighted by Gasteiger charge is 2.20. The van der Waals surface area contributed by atoms with Crippen LogP contribution >= 0.6 is 0 Å². The van der Waals surface area contributed by atoms with Gasteiger partial charge in [-0.1, -0.05) is 33.3 Å². The monoisotopic (exact) mass is 450 g/mol. The summed E-state index contributed by atoms with van der Waals surface area (Å²) in [5, 5.41) is 9.11. The van der Waals surface area contributed by atoms with Gasteiger partial charge in [0.1, 0.15) is 5.82 Å². The number of fused-ring (bicyclic) bond motifs is 1. The predicted octanol–water partition coefficient (Wildman–Crippen LogP) is 2.81. The number of nitrogens with zero attached hydrogens (tertiary/aromatic N) is 5. The Kier molecular flexibility index (Phi) is 7.48. The third-order valence-electron chi connectivity index (χ3n) is 5.55.